The number of halogens is 3. The monoisotopic (exact) mass is 280 g/mol. The van der Waals surface area contributed by atoms with Crippen LogP contribution in [-0.2, 0) is 15.4 Å². The number of hydrogen-bond donors (Lipinski definition) is 4. The van der Waals surface area contributed by atoms with Crippen molar-refractivity contribution in [3.05, 3.63) is 0 Å². The Hall–Kier alpha value is 1.15. The Morgan fingerprint density at radius 1 is 1.08 bits per heavy atom. The standard InChI is InChI=1S/Al.3ClH.H2O4S.H2O3/c;;;;1-5(2,3)4;1-3-2/h;3*1H;(H2,1,2,3,4);1-2H/q+3;;;;;/p-3. The van der Waals surface area contributed by atoms with Crippen molar-refractivity contribution in [1.29, 1.82) is 0 Å². The predicted octanol–water partition coefficient (Wildman–Crippen LogP) is 0.984. The first-order chi connectivity index (χ1) is 5.15. The van der Waals surface area contributed by atoms with E-state index in [-0.39, 0.29) is 0 Å². The normalized spacial score (nSPS) is 8.58. The first-order valence-corrected chi connectivity index (χ1v) is 8.35. The van der Waals surface area contributed by atoms with E-state index in [0.717, 1.165) is 0 Å². The molecule has 0 aromatic carbocycles. The molecule has 0 aromatic heterocycles. The van der Waals surface area contributed by atoms with Crippen LogP contribution in [0.3, 0.4) is 0 Å². The summed E-state index contributed by atoms with van der Waals surface area (Å²) in [7, 11) is 10.2. The molecule has 12 heavy (non-hydrogen) atoms. The molecule has 12 heteroatoms. The third-order valence-electron chi connectivity index (χ3n) is 0. The van der Waals surface area contributed by atoms with E-state index in [0.29, 0.717) is 0 Å². The SMILES string of the molecule is O=S(=O)(O)O.OOO.[Cl][Al]([Cl])[Cl]. The molecular formula is H4AlCl3O7S. The van der Waals surface area contributed by atoms with Crippen LogP contribution in [0.2, 0.25) is 0 Å². The molecule has 0 aliphatic carbocycles. The average molecular weight is 281 g/mol. The summed E-state index contributed by atoms with van der Waals surface area (Å²) in [5.74, 6) is 0. The fourth-order valence-corrected chi connectivity index (χ4v) is 0. The van der Waals surface area contributed by atoms with Crippen molar-refractivity contribution < 1.29 is 33.1 Å². The maximum Gasteiger partial charge on any atom is 0.643 e. The van der Waals surface area contributed by atoms with Gasteiger partial charge in [-0.05, 0) is 0 Å². The molecule has 0 rings (SSSR count). The molecule has 0 saturated carbocycles. The van der Waals surface area contributed by atoms with E-state index in [4.69, 9.17) is 58.2 Å². The van der Waals surface area contributed by atoms with Crippen molar-refractivity contribution in [1.82, 2.24) is 0 Å². The molecule has 0 aliphatic heterocycles. The Kier molecular flexibility index (Phi) is 19.1. The van der Waals surface area contributed by atoms with Crippen LogP contribution >= 0.6 is 30.1 Å². The third-order valence-corrected chi connectivity index (χ3v) is 0. The Labute approximate surface area is 84.9 Å². The topological polar surface area (TPSA) is 124 Å². The second-order valence-electron chi connectivity index (χ2n) is 0.777. The molecule has 0 aliphatic rings. The molecular weight excluding hydrogens is 277 g/mol. The van der Waals surface area contributed by atoms with Crippen LogP contribution in [0.25, 0.3) is 0 Å². The maximum absolute atomic E-state index is 8.74. The molecule has 0 unspecified atom stereocenters. The summed E-state index contributed by atoms with van der Waals surface area (Å²) < 4.78 is 31.6. The minimum atomic E-state index is -4.67. The van der Waals surface area contributed by atoms with Gasteiger partial charge in [0.05, 0.1) is 0 Å². The molecule has 0 amide bonds. The molecule has 0 spiro atoms. The highest BCUT2D eigenvalue weighted by Crippen LogP contribution is 1.97. The molecule has 0 radical (unpaired) electrons. The van der Waals surface area contributed by atoms with Crippen LogP contribution in [-0.4, -0.2) is 39.4 Å². The minimum absolute atomic E-state index is 1.72. The van der Waals surface area contributed by atoms with Crippen LogP contribution in [0.15, 0.2) is 0 Å². The molecule has 7 nitrogen and oxygen atoms in total. The fourth-order valence-electron chi connectivity index (χ4n) is 0. The van der Waals surface area contributed by atoms with Gasteiger partial charge in [-0.3, -0.25) is 9.11 Å². The lowest BCUT2D eigenvalue weighted by atomic mass is 14.6. The number of hydrogen-bond acceptors (Lipinski definition) is 5. The second-order valence-corrected chi connectivity index (χ2v) is 8.11. The van der Waals surface area contributed by atoms with E-state index in [1.807, 2.05) is 0 Å². The zero-order valence-corrected chi connectivity index (χ0v) is 9.37. The Bertz CT molecular complexity index is 141. The predicted molar refractivity (Wildman–Crippen MR) is 43.8 cm³/mol. The van der Waals surface area contributed by atoms with Gasteiger partial charge in [-0.2, -0.15) is 8.42 Å². The van der Waals surface area contributed by atoms with Crippen LogP contribution in [0.1, 0.15) is 0 Å². The fraction of sp³-hybridized carbons (Fsp3) is 0. The van der Waals surface area contributed by atoms with E-state index in [1.54, 1.807) is 0 Å². The largest absolute Gasteiger partial charge is 0.643 e. The quantitative estimate of drug-likeness (QED) is 0.226. The van der Waals surface area contributed by atoms with Gasteiger partial charge in [0.1, 0.15) is 0 Å². The summed E-state index contributed by atoms with van der Waals surface area (Å²) in [5, 5.41) is 15.5. The van der Waals surface area contributed by atoms with E-state index in [9.17, 15) is 0 Å². The third kappa shape index (κ3) is 865. The second kappa shape index (κ2) is 12.2. The minimum Gasteiger partial charge on any atom is -0.264 e. The molecule has 0 heterocycles. The molecule has 4 N–H and O–H groups in total. The van der Waals surface area contributed by atoms with Crippen molar-refractivity contribution in [3.8, 4) is 0 Å². The lowest BCUT2D eigenvalue weighted by Gasteiger charge is -1.68. The van der Waals surface area contributed by atoms with Crippen molar-refractivity contribution >= 4 is 51.9 Å². The van der Waals surface area contributed by atoms with Crippen molar-refractivity contribution in [2.24, 2.45) is 0 Å². The van der Waals surface area contributed by atoms with Crippen molar-refractivity contribution in [3.63, 3.8) is 0 Å². The maximum atomic E-state index is 8.74. The van der Waals surface area contributed by atoms with Crippen molar-refractivity contribution in [2.45, 2.75) is 0 Å². The van der Waals surface area contributed by atoms with Crippen LogP contribution in [0, 0.1) is 0 Å². The smallest absolute Gasteiger partial charge is 0.264 e. The van der Waals surface area contributed by atoms with Crippen molar-refractivity contribution in [2.75, 3.05) is 0 Å². The summed E-state index contributed by atoms with van der Waals surface area (Å²) in [4.78, 5) is 0. The van der Waals surface area contributed by atoms with Gasteiger partial charge >= 0.3 is 21.8 Å². The highest BCUT2D eigenvalue weighted by atomic mass is 35.8. The van der Waals surface area contributed by atoms with Gasteiger partial charge in [0.15, 0.2) is 0 Å². The van der Waals surface area contributed by atoms with E-state index in [1.165, 1.54) is 0 Å². The van der Waals surface area contributed by atoms with Gasteiger partial charge in [-0.25, -0.2) is 40.7 Å². The Morgan fingerprint density at radius 3 is 1.08 bits per heavy atom. The van der Waals surface area contributed by atoms with Crippen LogP contribution in [0.4, 0.5) is 0 Å². The van der Waals surface area contributed by atoms with Gasteiger partial charge in [0.2, 0.25) is 0 Å². The van der Waals surface area contributed by atoms with E-state index >= 15 is 0 Å². The van der Waals surface area contributed by atoms with Gasteiger partial charge in [0.25, 0.3) is 0 Å². The first-order valence-electron chi connectivity index (χ1n) is 1.72. The molecule has 0 bridgehead atoms. The lowest BCUT2D eigenvalue weighted by molar-refractivity contribution is -0.465. The van der Waals surface area contributed by atoms with Crippen LogP contribution < -0.4 is 0 Å². The summed E-state index contributed by atoms with van der Waals surface area (Å²) >= 11 is -1.72. The van der Waals surface area contributed by atoms with E-state index < -0.39 is 21.8 Å². The average Bonchev–Trinajstić information content (AvgIpc) is 1.56. The number of rotatable bonds is 0. The van der Waals surface area contributed by atoms with Crippen LogP contribution in [0.5, 0.6) is 0 Å². The summed E-state index contributed by atoms with van der Waals surface area (Å²) in [5.41, 5.74) is 0. The highest BCUT2D eigenvalue weighted by molar-refractivity contribution is 7.79. The lowest BCUT2D eigenvalue weighted by Crippen LogP contribution is -1.89. The van der Waals surface area contributed by atoms with Gasteiger partial charge in [0, 0.05) is 0 Å². The molecule has 0 atom stereocenters. The summed E-state index contributed by atoms with van der Waals surface area (Å²) in [6, 6.07) is 0. The first kappa shape index (κ1) is 18.8. The summed E-state index contributed by atoms with van der Waals surface area (Å²) in [6.45, 7) is 0. The van der Waals surface area contributed by atoms with Gasteiger partial charge in [-0.15, -0.1) is 0 Å². The molecule has 0 aromatic rings. The van der Waals surface area contributed by atoms with E-state index in [2.05, 4.69) is 5.04 Å². The highest BCUT2D eigenvalue weighted by Gasteiger charge is 2.00. The zero-order valence-electron chi connectivity index (χ0n) is 5.13. The zero-order chi connectivity index (χ0) is 10.8. The molecule has 76 valence electrons. The molecule has 0 fully saturated rings. The van der Waals surface area contributed by atoms with Gasteiger partial charge in [-0.1, -0.05) is 5.04 Å². The summed E-state index contributed by atoms with van der Waals surface area (Å²) in [6.07, 6.45) is 0. The van der Waals surface area contributed by atoms with Gasteiger partial charge < -0.3 is 0 Å². The Morgan fingerprint density at radius 2 is 1.08 bits per heavy atom. The molecule has 0 saturated heterocycles. The Balaban J connectivity index is -0.000000105.